The van der Waals surface area contributed by atoms with Crippen molar-refractivity contribution in [2.24, 2.45) is 11.0 Å². The minimum Gasteiger partial charge on any atom is -0.465 e. The van der Waals surface area contributed by atoms with E-state index in [2.05, 4.69) is 15.3 Å². The molecule has 0 aromatic rings. The standard InChI is InChI=1S/C14H26N4O4/c1-11(2)10-22-14(21)8-12(9-19)17-13(20)6-4-3-5-7-16-18-15/h11-12,19H,3-10H2,1-2H3,(H,17,20)/t12-/m0/s1. The lowest BCUT2D eigenvalue weighted by atomic mass is 10.1. The molecule has 0 heterocycles. The molecule has 0 bridgehead atoms. The number of rotatable bonds is 12. The number of esters is 1. The van der Waals surface area contributed by atoms with Crippen LogP contribution in [0.5, 0.6) is 0 Å². The van der Waals surface area contributed by atoms with Crippen LogP contribution >= 0.6 is 0 Å². The van der Waals surface area contributed by atoms with Gasteiger partial charge in [-0.1, -0.05) is 25.4 Å². The monoisotopic (exact) mass is 314 g/mol. The highest BCUT2D eigenvalue weighted by Gasteiger charge is 2.16. The van der Waals surface area contributed by atoms with Gasteiger partial charge in [-0.25, -0.2) is 0 Å². The number of aliphatic hydroxyl groups is 1. The van der Waals surface area contributed by atoms with Crippen molar-refractivity contribution in [3.8, 4) is 0 Å². The molecule has 0 aromatic heterocycles. The van der Waals surface area contributed by atoms with Gasteiger partial charge in [-0.05, 0) is 24.3 Å². The lowest BCUT2D eigenvalue weighted by Gasteiger charge is -2.16. The van der Waals surface area contributed by atoms with Crippen LogP contribution in [0.2, 0.25) is 0 Å². The Hall–Kier alpha value is -1.79. The van der Waals surface area contributed by atoms with E-state index in [1.807, 2.05) is 13.8 Å². The predicted molar refractivity (Wildman–Crippen MR) is 81.9 cm³/mol. The van der Waals surface area contributed by atoms with Crippen molar-refractivity contribution in [2.45, 2.75) is 52.0 Å². The number of unbranched alkanes of at least 4 members (excludes halogenated alkanes) is 2. The van der Waals surface area contributed by atoms with Crippen LogP contribution in [0, 0.1) is 5.92 Å². The fraction of sp³-hybridized carbons (Fsp3) is 0.857. The zero-order valence-electron chi connectivity index (χ0n) is 13.3. The molecular formula is C14H26N4O4. The first-order chi connectivity index (χ1) is 10.5. The summed E-state index contributed by atoms with van der Waals surface area (Å²) in [6, 6.07) is -0.615. The zero-order chi connectivity index (χ0) is 16.8. The van der Waals surface area contributed by atoms with Gasteiger partial charge in [-0.15, -0.1) is 0 Å². The Morgan fingerprint density at radius 2 is 2.05 bits per heavy atom. The second-order valence-corrected chi connectivity index (χ2v) is 5.49. The van der Waals surface area contributed by atoms with Crippen LogP contribution < -0.4 is 5.32 Å². The zero-order valence-corrected chi connectivity index (χ0v) is 13.3. The van der Waals surface area contributed by atoms with Crippen molar-refractivity contribution in [3.05, 3.63) is 10.4 Å². The lowest BCUT2D eigenvalue weighted by molar-refractivity contribution is -0.145. The van der Waals surface area contributed by atoms with Crippen molar-refractivity contribution >= 4 is 11.9 Å². The second kappa shape index (κ2) is 12.9. The van der Waals surface area contributed by atoms with E-state index < -0.39 is 12.0 Å². The summed E-state index contributed by atoms with van der Waals surface area (Å²) in [5.74, 6) is -0.390. The summed E-state index contributed by atoms with van der Waals surface area (Å²) in [4.78, 5) is 25.9. The lowest BCUT2D eigenvalue weighted by Crippen LogP contribution is -2.39. The quantitative estimate of drug-likeness (QED) is 0.188. The summed E-state index contributed by atoms with van der Waals surface area (Å²) in [6.07, 6.45) is 2.47. The summed E-state index contributed by atoms with van der Waals surface area (Å²) >= 11 is 0. The molecule has 2 N–H and O–H groups in total. The average molecular weight is 314 g/mol. The Balaban J connectivity index is 3.87. The smallest absolute Gasteiger partial charge is 0.307 e. The normalized spacial score (nSPS) is 11.6. The van der Waals surface area contributed by atoms with Gasteiger partial charge < -0.3 is 15.2 Å². The molecule has 0 aliphatic rings. The molecule has 0 saturated heterocycles. The molecule has 22 heavy (non-hydrogen) atoms. The van der Waals surface area contributed by atoms with Gasteiger partial charge >= 0.3 is 5.97 Å². The molecule has 1 atom stereocenters. The molecule has 0 radical (unpaired) electrons. The van der Waals surface area contributed by atoms with Gasteiger partial charge in [0, 0.05) is 17.9 Å². The Morgan fingerprint density at radius 1 is 1.32 bits per heavy atom. The molecule has 0 unspecified atom stereocenters. The van der Waals surface area contributed by atoms with Gasteiger partial charge in [0.1, 0.15) is 0 Å². The van der Waals surface area contributed by atoms with Gasteiger partial charge in [0.2, 0.25) is 5.91 Å². The average Bonchev–Trinajstić information content (AvgIpc) is 2.48. The first kappa shape index (κ1) is 20.2. The van der Waals surface area contributed by atoms with Gasteiger partial charge in [-0.3, -0.25) is 9.59 Å². The highest BCUT2D eigenvalue weighted by Crippen LogP contribution is 2.03. The molecule has 1 amide bonds. The number of hydrogen-bond acceptors (Lipinski definition) is 5. The van der Waals surface area contributed by atoms with Crippen LogP contribution in [-0.2, 0) is 14.3 Å². The van der Waals surface area contributed by atoms with Crippen LogP contribution in [0.15, 0.2) is 5.11 Å². The number of nitrogens with zero attached hydrogens (tertiary/aromatic N) is 3. The minimum absolute atomic E-state index is 0.0359. The molecule has 0 saturated carbocycles. The first-order valence-electron chi connectivity index (χ1n) is 7.56. The third-order valence-electron chi connectivity index (χ3n) is 2.80. The fourth-order valence-electron chi connectivity index (χ4n) is 1.67. The molecule has 0 aromatic carbocycles. The van der Waals surface area contributed by atoms with E-state index in [1.54, 1.807) is 0 Å². The highest BCUT2D eigenvalue weighted by atomic mass is 16.5. The van der Waals surface area contributed by atoms with Crippen LogP contribution in [-0.4, -0.2) is 42.8 Å². The molecule has 0 aliphatic heterocycles. The number of aliphatic hydroxyl groups excluding tert-OH is 1. The maximum Gasteiger partial charge on any atom is 0.307 e. The van der Waals surface area contributed by atoms with Crippen molar-refractivity contribution in [2.75, 3.05) is 19.8 Å². The van der Waals surface area contributed by atoms with Crippen LogP contribution in [0.25, 0.3) is 10.4 Å². The molecule has 0 rings (SSSR count). The molecule has 0 spiro atoms. The van der Waals surface area contributed by atoms with Crippen molar-refractivity contribution < 1.29 is 19.4 Å². The Morgan fingerprint density at radius 3 is 2.64 bits per heavy atom. The largest absolute Gasteiger partial charge is 0.465 e. The predicted octanol–water partition coefficient (Wildman–Crippen LogP) is 1.92. The maximum absolute atomic E-state index is 11.7. The topological polar surface area (TPSA) is 124 Å². The Labute approximate surface area is 130 Å². The van der Waals surface area contributed by atoms with Crippen LogP contribution in [0.4, 0.5) is 0 Å². The fourth-order valence-corrected chi connectivity index (χ4v) is 1.67. The summed E-state index contributed by atoms with van der Waals surface area (Å²) in [5, 5.41) is 15.2. The number of nitrogens with one attached hydrogen (secondary N) is 1. The summed E-state index contributed by atoms with van der Waals surface area (Å²) in [5.41, 5.74) is 8.11. The van der Waals surface area contributed by atoms with E-state index in [9.17, 15) is 14.7 Å². The van der Waals surface area contributed by atoms with Gasteiger partial charge in [0.25, 0.3) is 0 Å². The summed E-state index contributed by atoms with van der Waals surface area (Å²) < 4.78 is 5.01. The van der Waals surface area contributed by atoms with E-state index in [0.717, 1.165) is 12.8 Å². The van der Waals surface area contributed by atoms with Crippen LogP contribution in [0.3, 0.4) is 0 Å². The highest BCUT2D eigenvalue weighted by molar-refractivity contribution is 5.77. The van der Waals surface area contributed by atoms with Gasteiger partial charge in [-0.2, -0.15) is 0 Å². The van der Waals surface area contributed by atoms with Crippen molar-refractivity contribution in [1.29, 1.82) is 0 Å². The molecule has 0 aliphatic carbocycles. The van der Waals surface area contributed by atoms with Crippen LogP contribution in [0.1, 0.15) is 46.0 Å². The SMILES string of the molecule is CC(C)COC(=O)C[C@@H](CO)NC(=O)CCCCCN=[N+]=[N-]. The molecule has 126 valence electrons. The minimum atomic E-state index is -0.615. The first-order valence-corrected chi connectivity index (χ1v) is 7.56. The molecular weight excluding hydrogens is 288 g/mol. The van der Waals surface area contributed by atoms with E-state index in [0.29, 0.717) is 26.0 Å². The third kappa shape index (κ3) is 12.0. The number of amides is 1. The van der Waals surface area contributed by atoms with Gasteiger partial charge in [0.15, 0.2) is 0 Å². The third-order valence-corrected chi connectivity index (χ3v) is 2.80. The van der Waals surface area contributed by atoms with E-state index in [1.165, 1.54) is 0 Å². The number of azide groups is 1. The number of ether oxygens (including phenoxy) is 1. The molecule has 0 fully saturated rings. The maximum atomic E-state index is 11.7. The summed E-state index contributed by atoms with van der Waals surface area (Å²) in [7, 11) is 0. The van der Waals surface area contributed by atoms with Crippen molar-refractivity contribution in [1.82, 2.24) is 5.32 Å². The van der Waals surface area contributed by atoms with E-state index in [4.69, 9.17) is 10.3 Å². The summed E-state index contributed by atoms with van der Waals surface area (Å²) in [6.45, 7) is 4.32. The number of carbonyl (C=O) groups excluding carboxylic acids is 2. The van der Waals surface area contributed by atoms with Gasteiger partial charge in [0.05, 0.1) is 25.7 Å². The Bertz CT molecular complexity index is 381. The second-order valence-electron chi connectivity index (χ2n) is 5.49. The van der Waals surface area contributed by atoms with E-state index >= 15 is 0 Å². The molecule has 8 nitrogen and oxygen atoms in total. The molecule has 8 heteroatoms. The number of hydrogen-bond donors (Lipinski definition) is 2. The van der Waals surface area contributed by atoms with Crippen molar-refractivity contribution in [3.63, 3.8) is 0 Å². The van der Waals surface area contributed by atoms with E-state index in [-0.39, 0.29) is 24.9 Å². The Kier molecular flexibility index (Phi) is 11.9. The number of carbonyl (C=O) groups is 2.